The van der Waals surface area contributed by atoms with Crippen molar-refractivity contribution in [2.45, 2.75) is 25.8 Å². The van der Waals surface area contributed by atoms with E-state index in [2.05, 4.69) is 11.6 Å². The van der Waals surface area contributed by atoms with Gasteiger partial charge in [0.2, 0.25) is 5.91 Å². The second-order valence-corrected chi connectivity index (χ2v) is 5.95. The first kappa shape index (κ1) is 13.3. The Labute approximate surface area is 118 Å². The van der Waals surface area contributed by atoms with Crippen molar-refractivity contribution >= 4 is 5.91 Å². The van der Waals surface area contributed by atoms with Crippen LogP contribution < -0.4 is 0 Å². The summed E-state index contributed by atoms with van der Waals surface area (Å²) in [5.41, 5.74) is 0.483. The van der Waals surface area contributed by atoms with E-state index >= 15 is 0 Å². The molecule has 2 aliphatic heterocycles. The Hall–Kier alpha value is -1.68. The number of hydrogen-bond acceptors (Lipinski definition) is 2. The van der Waals surface area contributed by atoms with Crippen molar-refractivity contribution in [1.29, 1.82) is 0 Å². The van der Waals surface area contributed by atoms with Gasteiger partial charge < -0.3 is 0 Å². The summed E-state index contributed by atoms with van der Waals surface area (Å²) in [7, 11) is 0. The minimum atomic E-state index is -0.395. The molecule has 106 valence electrons. The standard InChI is InChI=1S/C16H19FN2O/c1-3-8-16(2)11-18-9-7-14(19(18)15(16)20)12-5-4-6-13(17)10-12/h3-6,10,14H,1,7-9,11H2,2H3/t14-,16+/m1/s1. The van der Waals surface area contributed by atoms with E-state index in [-0.39, 0.29) is 17.8 Å². The van der Waals surface area contributed by atoms with E-state index in [4.69, 9.17) is 0 Å². The second kappa shape index (κ2) is 4.70. The number of carbonyl (C=O) groups excluding carboxylic acids is 1. The first-order chi connectivity index (χ1) is 9.55. The van der Waals surface area contributed by atoms with Gasteiger partial charge in [0.25, 0.3) is 0 Å². The molecule has 1 amide bonds. The Morgan fingerprint density at radius 3 is 3.05 bits per heavy atom. The van der Waals surface area contributed by atoms with Crippen molar-refractivity contribution in [3.63, 3.8) is 0 Å². The van der Waals surface area contributed by atoms with Crippen LogP contribution in [0.3, 0.4) is 0 Å². The zero-order valence-electron chi connectivity index (χ0n) is 11.7. The van der Waals surface area contributed by atoms with E-state index in [1.165, 1.54) is 12.1 Å². The quantitative estimate of drug-likeness (QED) is 0.791. The highest BCUT2D eigenvalue weighted by Gasteiger charge is 2.52. The molecule has 0 spiro atoms. The highest BCUT2D eigenvalue weighted by atomic mass is 19.1. The molecule has 0 unspecified atom stereocenters. The van der Waals surface area contributed by atoms with Crippen molar-refractivity contribution in [1.82, 2.24) is 10.0 Å². The Morgan fingerprint density at radius 2 is 2.35 bits per heavy atom. The number of rotatable bonds is 3. The molecule has 20 heavy (non-hydrogen) atoms. The Kier molecular flexibility index (Phi) is 3.13. The molecule has 2 atom stereocenters. The molecule has 1 aromatic rings. The summed E-state index contributed by atoms with van der Waals surface area (Å²) in [6, 6.07) is 6.53. The lowest BCUT2D eigenvalue weighted by atomic mass is 9.86. The number of benzene rings is 1. The van der Waals surface area contributed by atoms with Crippen LogP contribution in [-0.4, -0.2) is 29.0 Å². The molecule has 4 heteroatoms. The molecule has 0 aromatic heterocycles. The molecule has 3 rings (SSSR count). The number of hydrazine groups is 1. The van der Waals surface area contributed by atoms with E-state index in [1.54, 1.807) is 12.1 Å². The van der Waals surface area contributed by atoms with Crippen LogP contribution in [0.25, 0.3) is 0 Å². The maximum absolute atomic E-state index is 13.4. The molecule has 0 N–H and O–H groups in total. The maximum atomic E-state index is 13.4. The minimum Gasteiger partial charge on any atom is -0.273 e. The van der Waals surface area contributed by atoms with Gasteiger partial charge in [-0.2, -0.15) is 0 Å². The van der Waals surface area contributed by atoms with Crippen molar-refractivity contribution in [2.24, 2.45) is 5.41 Å². The van der Waals surface area contributed by atoms with E-state index in [0.717, 1.165) is 25.1 Å². The Balaban J connectivity index is 1.90. The summed E-state index contributed by atoms with van der Waals surface area (Å²) in [6.07, 6.45) is 3.34. The summed E-state index contributed by atoms with van der Waals surface area (Å²) in [5, 5.41) is 3.93. The largest absolute Gasteiger partial charge is 0.273 e. The van der Waals surface area contributed by atoms with Gasteiger partial charge in [0.15, 0.2) is 0 Å². The van der Waals surface area contributed by atoms with Crippen LogP contribution >= 0.6 is 0 Å². The van der Waals surface area contributed by atoms with E-state index in [1.807, 2.05) is 18.0 Å². The van der Waals surface area contributed by atoms with Gasteiger partial charge in [-0.1, -0.05) is 18.2 Å². The van der Waals surface area contributed by atoms with Crippen molar-refractivity contribution < 1.29 is 9.18 Å². The fourth-order valence-corrected chi connectivity index (χ4v) is 3.36. The summed E-state index contributed by atoms with van der Waals surface area (Å²) >= 11 is 0. The lowest BCUT2D eigenvalue weighted by Gasteiger charge is -2.26. The van der Waals surface area contributed by atoms with Crippen molar-refractivity contribution in [3.8, 4) is 0 Å². The number of fused-ring (bicyclic) bond motifs is 1. The van der Waals surface area contributed by atoms with E-state index in [9.17, 15) is 9.18 Å². The second-order valence-electron chi connectivity index (χ2n) is 5.95. The average molecular weight is 274 g/mol. The molecule has 3 nitrogen and oxygen atoms in total. The van der Waals surface area contributed by atoms with Crippen LogP contribution in [0.15, 0.2) is 36.9 Å². The SMILES string of the molecule is C=CC[C@@]1(C)CN2CC[C@H](c3cccc(F)c3)N2C1=O. The highest BCUT2D eigenvalue weighted by molar-refractivity contribution is 5.85. The minimum absolute atomic E-state index is 0.0372. The molecule has 1 aromatic carbocycles. The van der Waals surface area contributed by atoms with Crippen LogP contribution in [0.2, 0.25) is 0 Å². The number of allylic oxidation sites excluding steroid dienone is 1. The lowest BCUT2D eigenvalue weighted by molar-refractivity contribution is -0.142. The van der Waals surface area contributed by atoms with Crippen molar-refractivity contribution in [2.75, 3.05) is 13.1 Å². The van der Waals surface area contributed by atoms with Gasteiger partial charge in [-0.25, -0.2) is 9.40 Å². The average Bonchev–Trinajstić information content (AvgIpc) is 2.90. The third-order valence-electron chi connectivity index (χ3n) is 4.34. The molecule has 2 heterocycles. The summed E-state index contributed by atoms with van der Waals surface area (Å²) in [4.78, 5) is 12.7. The van der Waals surface area contributed by atoms with Gasteiger partial charge in [-0.3, -0.25) is 9.80 Å². The molecular formula is C16H19FN2O. The number of carbonyl (C=O) groups is 1. The third kappa shape index (κ3) is 1.95. The molecular weight excluding hydrogens is 255 g/mol. The summed E-state index contributed by atoms with van der Waals surface area (Å²) in [6.45, 7) is 7.30. The lowest BCUT2D eigenvalue weighted by Crippen LogP contribution is -2.36. The van der Waals surface area contributed by atoms with Crippen LogP contribution in [0.1, 0.15) is 31.4 Å². The third-order valence-corrected chi connectivity index (χ3v) is 4.34. The van der Waals surface area contributed by atoms with Gasteiger partial charge in [0, 0.05) is 13.1 Å². The Bertz CT molecular complexity index is 559. The first-order valence-corrected chi connectivity index (χ1v) is 7.00. The van der Waals surface area contributed by atoms with E-state index in [0.29, 0.717) is 6.42 Å². The molecule has 2 saturated heterocycles. The molecule has 0 aliphatic carbocycles. The summed E-state index contributed by atoms with van der Waals surface area (Å²) < 4.78 is 13.4. The monoisotopic (exact) mass is 274 g/mol. The molecule has 0 radical (unpaired) electrons. The van der Waals surface area contributed by atoms with Gasteiger partial charge >= 0.3 is 0 Å². The predicted octanol–water partition coefficient (Wildman–Crippen LogP) is 2.91. The molecule has 2 fully saturated rings. The topological polar surface area (TPSA) is 23.6 Å². The highest BCUT2D eigenvalue weighted by Crippen LogP contribution is 2.43. The first-order valence-electron chi connectivity index (χ1n) is 7.00. The number of amides is 1. The predicted molar refractivity (Wildman–Crippen MR) is 75.1 cm³/mol. The molecule has 0 bridgehead atoms. The number of hydrogen-bond donors (Lipinski definition) is 0. The maximum Gasteiger partial charge on any atom is 0.245 e. The van der Waals surface area contributed by atoms with Gasteiger partial charge in [-0.05, 0) is 37.5 Å². The van der Waals surface area contributed by atoms with Gasteiger partial charge in [0.1, 0.15) is 5.82 Å². The van der Waals surface area contributed by atoms with Crippen LogP contribution in [0, 0.1) is 11.2 Å². The van der Waals surface area contributed by atoms with Crippen LogP contribution in [-0.2, 0) is 4.79 Å². The van der Waals surface area contributed by atoms with Gasteiger partial charge in [-0.15, -0.1) is 6.58 Å². The Morgan fingerprint density at radius 1 is 1.55 bits per heavy atom. The van der Waals surface area contributed by atoms with Crippen LogP contribution in [0.5, 0.6) is 0 Å². The number of halogens is 1. The normalized spacial score (nSPS) is 29.8. The number of nitrogens with zero attached hydrogens (tertiary/aromatic N) is 2. The summed E-state index contributed by atoms with van der Waals surface area (Å²) in [5.74, 6) is -0.120. The zero-order valence-corrected chi connectivity index (χ0v) is 11.7. The molecule has 0 saturated carbocycles. The van der Waals surface area contributed by atoms with Crippen molar-refractivity contribution in [3.05, 3.63) is 48.3 Å². The fraction of sp³-hybridized carbons (Fsp3) is 0.438. The van der Waals surface area contributed by atoms with Gasteiger partial charge in [0.05, 0.1) is 11.5 Å². The molecule has 2 aliphatic rings. The fourth-order valence-electron chi connectivity index (χ4n) is 3.36. The van der Waals surface area contributed by atoms with Crippen LogP contribution in [0.4, 0.5) is 4.39 Å². The smallest absolute Gasteiger partial charge is 0.245 e. The van der Waals surface area contributed by atoms with E-state index < -0.39 is 5.41 Å². The zero-order chi connectivity index (χ0) is 14.3.